The lowest BCUT2D eigenvalue weighted by atomic mass is 9.92. The highest BCUT2D eigenvalue weighted by atomic mass is 35.5. The van der Waals surface area contributed by atoms with Gasteiger partial charge in [0.2, 0.25) is 0 Å². The number of benzene rings is 2. The van der Waals surface area contributed by atoms with Crippen molar-refractivity contribution in [2.24, 2.45) is 0 Å². The van der Waals surface area contributed by atoms with Gasteiger partial charge in [0.05, 0.1) is 24.8 Å². The smallest absolute Gasteiger partial charge is 0.420 e. The van der Waals surface area contributed by atoms with Gasteiger partial charge in [0.15, 0.2) is 5.75 Å². The first-order valence-electron chi connectivity index (χ1n) is 9.12. The number of carbonyl (C=O) groups is 1. The third-order valence-corrected chi connectivity index (χ3v) is 5.76. The lowest BCUT2D eigenvalue weighted by Crippen LogP contribution is -2.49. The van der Waals surface area contributed by atoms with Gasteiger partial charge in [-0.1, -0.05) is 23.2 Å². The van der Waals surface area contributed by atoms with Crippen LogP contribution in [0.25, 0.3) is 0 Å². The molecule has 1 amide bonds. The Morgan fingerprint density at radius 2 is 1.83 bits per heavy atom. The number of carbonyl (C=O) groups excluding carboxylic acids is 1. The Kier molecular flexibility index (Phi) is 5.80. The topological polar surface area (TPSA) is 109 Å². The van der Waals surface area contributed by atoms with E-state index in [9.17, 15) is 20.1 Å². The zero-order valence-electron chi connectivity index (χ0n) is 15.7. The lowest BCUT2D eigenvalue weighted by molar-refractivity contribution is -0.0313. The first-order valence-corrected chi connectivity index (χ1v) is 9.87. The van der Waals surface area contributed by atoms with Gasteiger partial charge in [-0.15, -0.1) is 0 Å². The number of hydrogen-bond donors (Lipinski definition) is 3. The van der Waals surface area contributed by atoms with E-state index in [0.717, 1.165) is 0 Å². The van der Waals surface area contributed by atoms with Crippen molar-refractivity contribution >= 4 is 35.0 Å². The monoisotopic (exact) mass is 455 g/mol. The maximum absolute atomic E-state index is 13.0. The summed E-state index contributed by atoms with van der Waals surface area (Å²) in [4.78, 5) is 14.3. The van der Waals surface area contributed by atoms with E-state index in [1.807, 2.05) is 0 Å². The van der Waals surface area contributed by atoms with Crippen molar-refractivity contribution in [2.75, 3.05) is 18.6 Å². The number of amides is 1. The Morgan fingerprint density at radius 1 is 1.13 bits per heavy atom. The summed E-state index contributed by atoms with van der Waals surface area (Å²) < 4.78 is 16.4. The van der Waals surface area contributed by atoms with Crippen LogP contribution in [-0.2, 0) is 4.74 Å². The van der Waals surface area contributed by atoms with E-state index in [-0.39, 0.29) is 10.8 Å². The van der Waals surface area contributed by atoms with E-state index >= 15 is 0 Å². The molecule has 0 aliphatic carbocycles. The molecule has 0 bridgehead atoms. The third-order valence-electron chi connectivity index (χ3n) is 5.26. The highest BCUT2D eigenvalue weighted by Crippen LogP contribution is 2.47. The number of rotatable bonds is 4. The third kappa shape index (κ3) is 3.49. The first-order chi connectivity index (χ1) is 14.3. The van der Waals surface area contributed by atoms with E-state index in [4.69, 9.17) is 37.4 Å². The van der Waals surface area contributed by atoms with Gasteiger partial charge in [-0.25, -0.2) is 4.79 Å². The molecule has 0 spiro atoms. The molecule has 0 saturated carbocycles. The number of aliphatic hydroxyl groups excluding tert-OH is 3. The molecule has 2 aromatic carbocycles. The summed E-state index contributed by atoms with van der Waals surface area (Å²) in [6.45, 7) is -0.502. The van der Waals surface area contributed by atoms with Crippen LogP contribution < -0.4 is 14.4 Å². The lowest BCUT2D eigenvalue weighted by Gasteiger charge is -2.40. The fourth-order valence-electron chi connectivity index (χ4n) is 3.82. The second kappa shape index (κ2) is 8.22. The standard InChI is InChI=1S/C20H19Cl2NO7/c1-28-11-4-2-10(3-5-11)23-15(19-17(26)16(25)14(8-24)29-19)12-6-9(21)7-13(22)18(12)30-20(23)27/h2-7,14-17,19,24-26H,8H2,1H3/t14-,15?,16-,17-,19+/m1/s1. The number of hydrogen-bond acceptors (Lipinski definition) is 7. The predicted octanol–water partition coefficient (Wildman–Crippen LogP) is 2.54. The van der Waals surface area contributed by atoms with Crippen molar-refractivity contribution in [3.63, 3.8) is 0 Å². The molecule has 5 atom stereocenters. The van der Waals surface area contributed by atoms with Crippen LogP contribution in [0.5, 0.6) is 11.5 Å². The molecule has 1 fully saturated rings. The Hall–Kier alpha value is -2.07. The number of anilines is 1. The summed E-state index contributed by atoms with van der Waals surface area (Å²) in [5.74, 6) is 0.679. The van der Waals surface area contributed by atoms with Gasteiger partial charge in [0.25, 0.3) is 0 Å². The van der Waals surface area contributed by atoms with Gasteiger partial charge in [0.1, 0.15) is 30.2 Å². The molecule has 30 heavy (non-hydrogen) atoms. The summed E-state index contributed by atoms with van der Waals surface area (Å²) in [6.07, 6.45) is -5.57. The Morgan fingerprint density at radius 3 is 2.43 bits per heavy atom. The molecular formula is C20H19Cl2NO7. The quantitative estimate of drug-likeness (QED) is 0.649. The van der Waals surface area contributed by atoms with Crippen LogP contribution in [0.3, 0.4) is 0 Å². The minimum Gasteiger partial charge on any atom is -0.497 e. The fourth-order valence-corrected chi connectivity index (χ4v) is 4.37. The van der Waals surface area contributed by atoms with E-state index in [1.54, 1.807) is 30.3 Å². The molecule has 2 aliphatic rings. The summed E-state index contributed by atoms with van der Waals surface area (Å²) in [5, 5.41) is 30.8. The Balaban J connectivity index is 1.86. The second-order valence-electron chi connectivity index (χ2n) is 6.99. The van der Waals surface area contributed by atoms with Crippen molar-refractivity contribution in [1.29, 1.82) is 0 Å². The molecule has 10 heteroatoms. The average Bonchev–Trinajstić information content (AvgIpc) is 3.02. The van der Waals surface area contributed by atoms with Gasteiger partial charge < -0.3 is 29.5 Å². The minimum atomic E-state index is -1.38. The number of fused-ring (bicyclic) bond motifs is 1. The molecule has 1 saturated heterocycles. The van der Waals surface area contributed by atoms with Crippen molar-refractivity contribution in [3.05, 3.63) is 52.0 Å². The summed E-state index contributed by atoms with van der Waals surface area (Å²) in [6, 6.07) is 8.68. The molecule has 0 radical (unpaired) electrons. The largest absolute Gasteiger partial charge is 0.497 e. The van der Waals surface area contributed by atoms with Crippen molar-refractivity contribution < 1.29 is 34.3 Å². The number of ether oxygens (including phenoxy) is 3. The van der Waals surface area contributed by atoms with E-state index in [2.05, 4.69) is 0 Å². The zero-order chi connectivity index (χ0) is 21.6. The minimum absolute atomic E-state index is 0.0959. The molecule has 2 aromatic rings. The van der Waals surface area contributed by atoms with E-state index in [1.165, 1.54) is 18.1 Å². The van der Waals surface area contributed by atoms with Gasteiger partial charge in [-0.3, -0.25) is 4.90 Å². The van der Waals surface area contributed by atoms with Crippen LogP contribution in [0, 0.1) is 0 Å². The molecule has 8 nitrogen and oxygen atoms in total. The maximum Gasteiger partial charge on any atom is 0.420 e. The molecule has 160 valence electrons. The number of nitrogens with zero attached hydrogens (tertiary/aromatic N) is 1. The molecule has 1 unspecified atom stereocenters. The van der Waals surface area contributed by atoms with Crippen molar-refractivity contribution in [3.8, 4) is 11.5 Å². The zero-order valence-corrected chi connectivity index (χ0v) is 17.2. The molecule has 0 aromatic heterocycles. The Bertz CT molecular complexity index is 955. The normalized spacial score (nSPS) is 28.3. The van der Waals surface area contributed by atoms with E-state index < -0.39 is 43.2 Å². The second-order valence-corrected chi connectivity index (χ2v) is 7.83. The average molecular weight is 456 g/mol. The summed E-state index contributed by atoms with van der Waals surface area (Å²) in [5.41, 5.74) is 0.836. The van der Waals surface area contributed by atoms with Crippen LogP contribution in [0.1, 0.15) is 11.6 Å². The molecule has 3 N–H and O–H groups in total. The number of halogens is 2. The van der Waals surface area contributed by atoms with Crippen LogP contribution in [-0.4, -0.2) is 59.5 Å². The molecular weight excluding hydrogens is 437 g/mol. The Labute approximate surface area is 182 Å². The SMILES string of the molecule is COc1ccc(N2C(=O)Oc3c(Cl)cc(Cl)cc3C2[C@@H]2O[C@H](CO)[C@@H](O)[C@H]2O)cc1. The number of methoxy groups -OCH3 is 1. The molecule has 4 rings (SSSR count). The highest BCUT2D eigenvalue weighted by Gasteiger charge is 2.52. The van der Waals surface area contributed by atoms with Gasteiger partial charge in [0, 0.05) is 16.3 Å². The van der Waals surface area contributed by atoms with Crippen LogP contribution in [0.4, 0.5) is 10.5 Å². The van der Waals surface area contributed by atoms with Crippen LogP contribution in [0.2, 0.25) is 10.0 Å². The summed E-state index contributed by atoms with van der Waals surface area (Å²) in [7, 11) is 1.52. The van der Waals surface area contributed by atoms with Gasteiger partial charge in [-0.05, 0) is 36.4 Å². The summed E-state index contributed by atoms with van der Waals surface area (Å²) >= 11 is 12.4. The highest BCUT2D eigenvalue weighted by molar-refractivity contribution is 6.36. The van der Waals surface area contributed by atoms with Crippen molar-refractivity contribution in [1.82, 2.24) is 0 Å². The van der Waals surface area contributed by atoms with Gasteiger partial charge in [-0.2, -0.15) is 0 Å². The first kappa shape index (κ1) is 21.2. The van der Waals surface area contributed by atoms with Gasteiger partial charge >= 0.3 is 6.09 Å². The van der Waals surface area contributed by atoms with E-state index in [0.29, 0.717) is 22.0 Å². The van der Waals surface area contributed by atoms with Crippen LogP contribution in [0.15, 0.2) is 36.4 Å². The predicted molar refractivity (Wildman–Crippen MR) is 108 cm³/mol. The van der Waals surface area contributed by atoms with Crippen molar-refractivity contribution in [2.45, 2.75) is 30.5 Å². The fraction of sp³-hybridized carbons (Fsp3) is 0.350. The maximum atomic E-state index is 13.0. The molecule has 2 aliphatic heterocycles. The number of aliphatic hydroxyl groups is 3. The molecule has 2 heterocycles. The van der Waals surface area contributed by atoms with Crippen LogP contribution >= 0.6 is 23.2 Å².